The van der Waals surface area contributed by atoms with Gasteiger partial charge in [0.2, 0.25) is 5.88 Å². The van der Waals surface area contributed by atoms with Crippen molar-refractivity contribution in [3.05, 3.63) is 91.6 Å². The van der Waals surface area contributed by atoms with Crippen LogP contribution < -0.4 is 10.1 Å². The fourth-order valence-electron chi connectivity index (χ4n) is 3.03. The molecule has 0 bridgehead atoms. The van der Waals surface area contributed by atoms with Crippen LogP contribution in [0.3, 0.4) is 0 Å². The van der Waals surface area contributed by atoms with Crippen LogP contribution in [0.15, 0.2) is 91.6 Å². The van der Waals surface area contributed by atoms with Crippen molar-refractivity contribution in [1.29, 1.82) is 0 Å². The smallest absolute Gasteiger partial charge is 0.237 e. The first-order valence-electron chi connectivity index (χ1n) is 9.33. The Bertz CT molecular complexity index is 1300. The van der Waals surface area contributed by atoms with Crippen molar-refractivity contribution in [2.75, 3.05) is 5.32 Å². The molecule has 0 aliphatic heterocycles. The number of benzene rings is 2. The van der Waals surface area contributed by atoms with Gasteiger partial charge in [0, 0.05) is 47.5 Å². The van der Waals surface area contributed by atoms with Gasteiger partial charge < -0.3 is 10.1 Å². The summed E-state index contributed by atoms with van der Waals surface area (Å²) in [5, 5.41) is 4.33. The van der Waals surface area contributed by atoms with Crippen molar-refractivity contribution >= 4 is 22.4 Å². The zero-order valence-electron chi connectivity index (χ0n) is 15.8. The van der Waals surface area contributed by atoms with Crippen LogP contribution in [0.2, 0.25) is 0 Å². The molecule has 0 saturated heterocycles. The molecule has 0 saturated carbocycles. The normalized spacial score (nSPS) is 10.7. The summed E-state index contributed by atoms with van der Waals surface area (Å²) in [7, 11) is 0. The first-order valence-corrected chi connectivity index (χ1v) is 9.33. The van der Waals surface area contributed by atoms with E-state index in [1.165, 1.54) is 0 Å². The van der Waals surface area contributed by atoms with E-state index in [0.29, 0.717) is 23.3 Å². The largest absolute Gasteiger partial charge is 0.437 e. The Hall–Kier alpha value is -4.39. The molecular formula is C23H16N6O. The predicted octanol–water partition coefficient (Wildman–Crippen LogP) is 5.02. The van der Waals surface area contributed by atoms with E-state index >= 15 is 0 Å². The lowest BCUT2D eigenvalue weighted by atomic mass is 10.2. The summed E-state index contributed by atoms with van der Waals surface area (Å²) in [6, 6.07) is 19.3. The van der Waals surface area contributed by atoms with Gasteiger partial charge in [-0.3, -0.25) is 9.97 Å². The van der Waals surface area contributed by atoms with E-state index in [2.05, 4.69) is 20.3 Å². The Labute approximate surface area is 172 Å². The number of aromatic nitrogens is 5. The van der Waals surface area contributed by atoms with E-state index in [4.69, 9.17) is 14.7 Å². The van der Waals surface area contributed by atoms with Crippen LogP contribution in [0.5, 0.6) is 11.6 Å². The number of rotatable bonds is 5. The first-order chi connectivity index (χ1) is 14.8. The van der Waals surface area contributed by atoms with Gasteiger partial charge in [0.1, 0.15) is 11.6 Å². The molecule has 3 heterocycles. The molecule has 0 unspecified atom stereocenters. The molecule has 5 aromatic rings. The molecule has 7 nitrogen and oxygen atoms in total. The molecule has 0 radical (unpaired) electrons. The molecule has 3 aromatic heterocycles. The Kier molecular flexibility index (Phi) is 4.67. The van der Waals surface area contributed by atoms with Gasteiger partial charge in [-0.25, -0.2) is 15.0 Å². The van der Waals surface area contributed by atoms with Crippen LogP contribution in [0.25, 0.3) is 22.3 Å². The van der Waals surface area contributed by atoms with E-state index in [0.717, 1.165) is 22.2 Å². The monoisotopic (exact) mass is 392 g/mol. The van der Waals surface area contributed by atoms with Crippen molar-refractivity contribution in [3.8, 4) is 23.0 Å². The Morgan fingerprint density at radius 1 is 0.767 bits per heavy atom. The SMILES string of the molecule is c1cc(Nc2nc(-c3ccncc3)nc3ccccc23)cc(Oc2cnccn2)c1. The molecule has 0 amide bonds. The minimum atomic E-state index is 0.433. The highest BCUT2D eigenvalue weighted by molar-refractivity contribution is 5.92. The van der Waals surface area contributed by atoms with Gasteiger partial charge >= 0.3 is 0 Å². The zero-order chi connectivity index (χ0) is 20.2. The maximum absolute atomic E-state index is 5.78. The highest BCUT2D eigenvalue weighted by atomic mass is 16.5. The Balaban J connectivity index is 1.51. The summed E-state index contributed by atoms with van der Waals surface area (Å²) in [4.78, 5) is 21.7. The second-order valence-electron chi connectivity index (χ2n) is 6.45. The fraction of sp³-hybridized carbons (Fsp3) is 0. The van der Waals surface area contributed by atoms with Crippen molar-refractivity contribution in [2.45, 2.75) is 0 Å². The Morgan fingerprint density at radius 2 is 1.67 bits per heavy atom. The third kappa shape index (κ3) is 3.77. The van der Waals surface area contributed by atoms with Gasteiger partial charge in [-0.15, -0.1) is 0 Å². The summed E-state index contributed by atoms with van der Waals surface area (Å²) < 4.78 is 5.78. The van der Waals surface area contributed by atoms with Gasteiger partial charge in [-0.05, 0) is 36.4 Å². The van der Waals surface area contributed by atoms with Crippen molar-refractivity contribution in [3.63, 3.8) is 0 Å². The summed E-state index contributed by atoms with van der Waals surface area (Å²) in [5.41, 5.74) is 2.59. The van der Waals surface area contributed by atoms with Crippen LogP contribution in [0.4, 0.5) is 11.5 Å². The van der Waals surface area contributed by atoms with Crippen molar-refractivity contribution < 1.29 is 4.74 Å². The Morgan fingerprint density at radius 3 is 2.53 bits per heavy atom. The fourth-order valence-corrected chi connectivity index (χ4v) is 3.03. The van der Waals surface area contributed by atoms with E-state index in [-0.39, 0.29) is 0 Å². The number of hydrogen-bond acceptors (Lipinski definition) is 7. The number of anilines is 2. The number of pyridine rings is 1. The number of fused-ring (bicyclic) bond motifs is 1. The molecule has 0 fully saturated rings. The molecule has 7 heteroatoms. The van der Waals surface area contributed by atoms with Crippen LogP contribution in [-0.2, 0) is 0 Å². The second kappa shape index (κ2) is 7.92. The average Bonchev–Trinajstić information content (AvgIpc) is 2.80. The first kappa shape index (κ1) is 17.7. The van der Waals surface area contributed by atoms with Gasteiger partial charge in [0.05, 0.1) is 11.7 Å². The minimum absolute atomic E-state index is 0.433. The number of nitrogens with one attached hydrogen (secondary N) is 1. The number of ether oxygens (including phenoxy) is 1. The standard InChI is InChI=1S/C23H16N6O/c1-2-7-20-19(6-1)23(29-22(28-20)16-8-10-24-11-9-16)27-17-4-3-5-18(14-17)30-21-15-25-12-13-26-21/h1-15H,(H,27,28,29). The second-order valence-corrected chi connectivity index (χ2v) is 6.45. The van der Waals surface area contributed by atoms with Crippen LogP contribution in [0.1, 0.15) is 0 Å². The van der Waals surface area contributed by atoms with E-state index < -0.39 is 0 Å². The summed E-state index contributed by atoms with van der Waals surface area (Å²) in [6.45, 7) is 0. The summed E-state index contributed by atoms with van der Waals surface area (Å²) in [5.74, 6) is 2.42. The van der Waals surface area contributed by atoms with Gasteiger partial charge in [0.15, 0.2) is 5.82 Å². The predicted molar refractivity (Wildman–Crippen MR) is 115 cm³/mol. The van der Waals surface area contributed by atoms with Crippen LogP contribution in [0, 0.1) is 0 Å². The quantitative estimate of drug-likeness (QED) is 0.449. The van der Waals surface area contributed by atoms with Crippen molar-refractivity contribution in [2.24, 2.45) is 0 Å². The lowest BCUT2D eigenvalue weighted by Gasteiger charge is -2.12. The molecule has 30 heavy (non-hydrogen) atoms. The molecule has 0 atom stereocenters. The number of nitrogens with zero attached hydrogens (tertiary/aromatic N) is 5. The molecule has 0 aliphatic carbocycles. The lowest BCUT2D eigenvalue weighted by molar-refractivity contribution is 0.460. The maximum Gasteiger partial charge on any atom is 0.237 e. The summed E-state index contributed by atoms with van der Waals surface area (Å²) >= 11 is 0. The lowest BCUT2D eigenvalue weighted by Crippen LogP contribution is -1.99. The van der Waals surface area contributed by atoms with Crippen LogP contribution >= 0.6 is 0 Å². The maximum atomic E-state index is 5.78. The number of para-hydroxylation sites is 1. The zero-order valence-corrected chi connectivity index (χ0v) is 15.8. The highest BCUT2D eigenvalue weighted by Gasteiger charge is 2.10. The highest BCUT2D eigenvalue weighted by Crippen LogP contribution is 2.29. The van der Waals surface area contributed by atoms with Gasteiger partial charge in [0.25, 0.3) is 0 Å². The molecule has 144 valence electrons. The molecule has 0 aliphatic rings. The van der Waals surface area contributed by atoms with E-state index in [9.17, 15) is 0 Å². The molecule has 0 spiro atoms. The van der Waals surface area contributed by atoms with Crippen LogP contribution in [-0.4, -0.2) is 24.9 Å². The van der Waals surface area contributed by atoms with Crippen molar-refractivity contribution in [1.82, 2.24) is 24.9 Å². The minimum Gasteiger partial charge on any atom is -0.437 e. The van der Waals surface area contributed by atoms with E-state index in [1.54, 1.807) is 31.0 Å². The molecule has 5 rings (SSSR count). The third-order valence-corrected chi connectivity index (χ3v) is 4.40. The third-order valence-electron chi connectivity index (χ3n) is 4.40. The topological polar surface area (TPSA) is 85.7 Å². The molecule has 1 N–H and O–H groups in total. The van der Waals surface area contributed by atoms with Gasteiger partial charge in [-0.2, -0.15) is 0 Å². The molecular weight excluding hydrogens is 376 g/mol. The van der Waals surface area contributed by atoms with Gasteiger partial charge in [-0.1, -0.05) is 18.2 Å². The van der Waals surface area contributed by atoms with E-state index in [1.807, 2.05) is 60.7 Å². The summed E-state index contributed by atoms with van der Waals surface area (Å²) in [6.07, 6.45) is 8.22. The average molecular weight is 392 g/mol. The number of hydrogen-bond donors (Lipinski definition) is 1. The molecule has 2 aromatic carbocycles.